The summed E-state index contributed by atoms with van der Waals surface area (Å²) in [6.07, 6.45) is 8.21. The number of benzene rings is 9. The average molecular weight is 829 g/mol. The number of rotatable bonds is 4. The van der Waals surface area contributed by atoms with Gasteiger partial charge in [0.1, 0.15) is 11.7 Å². The highest BCUT2D eigenvalue weighted by Crippen LogP contribution is 2.60. The molecule has 2 atom stereocenters. The summed E-state index contributed by atoms with van der Waals surface area (Å²) in [4.78, 5) is 8.59. The zero-order valence-electron chi connectivity index (χ0n) is 35.8. The smallest absolute Gasteiger partial charge is 0.160 e. The highest BCUT2D eigenvalue weighted by molar-refractivity contribution is 6.27. The van der Waals surface area contributed by atoms with Crippen molar-refractivity contribution in [1.82, 2.24) is 0 Å². The number of hydrogen-bond acceptors (Lipinski definition) is 3. The van der Waals surface area contributed by atoms with E-state index in [1.165, 1.54) is 82.3 Å². The third-order valence-corrected chi connectivity index (χ3v) is 14.6. The van der Waals surface area contributed by atoms with Crippen molar-refractivity contribution < 1.29 is 4.42 Å². The average Bonchev–Trinajstić information content (AvgIpc) is 3.90. The predicted octanol–water partition coefficient (Wildman–Crippen LogP) is 15.5. The van der Waals surface area contributed by atoms with Crippen LogP contribution in [0.1, 0.15) is 35.6 Å². The van der Waals surface area contributed by atoms with Crippen LogP contribution in [0.5, 0.6) is 0 Å². The fourth-order valence-electron chi connectivity index (χ4n) is 11.7. The molecule has 11 aromatic rings. The normalized spacial score (nSPS) is 17.7. The standard InChI is InChI=1S/C62H40N2O/c1-62-35-14-13-28-54(62)64(60-58(62)52-36-42(44-26-15-19-40-18-5-6-20-43(40)44)33-34-49(52)57-50-25-11-12-27-53(50)65-61(57)60)55-37-51-47-23-8-7-21-45(47)46-22-9-10-24-48(46)56(51)59(63-55)41-31-29-39(30-32-41)38-16-3-2-4-17-38/h2-6,8-20,22-34,36,55H,35,37H2,1H3. The molecule has 304 valence electrons. The molecule has 0 radical (unpaired) electrons. The molecule has 0 N–H and O–H groups in total. The highest BCUT2D eigenvalue weighted by Gasteiger charge is 2.50. The first kappa shape index (κ1) is 36.3. The Morgan fingerprint density at radius 2 is 1.35 bits per heavy atom. The molecule has 0 spiro atoms. The Balaban J connectivity index is 1.07. The summed E-state index contributed by atoms with van der Waals surface area (Å²) in [7, 11) is 0. The first-order valence-electron chi connectivity index (χ1n) is 22.7. The van der Waals surface area contributed by atoms with Gasteiger partial charge >= 0.3 is 0 Å². The van der Waals surface area contributed by atoms with Crippen LogP contribution in [0, 0.1) is 12.1 Å². The van der Waals surface area contributed by atoms with Crippen LogP contribution in [-0.2, 0) is 11.8 Å². The molecule has 0 amide bonds. The fraction of sp³-hybridized carbons (Fsp3) is 0.0806. The number of para-hydroxylation sites is 1. The molecule has 2 aliphatic heterocycles. The van der Waals surface area contributed by atoms with E-state index in [1.54, 1.807) is 0 Å². The van der Waals surface area contributed by atoms with E-state index in [4.69, 9.17) is 9.41 Å². The Kier molecular flexibility index (Phi) is 7.63. The summed E-state index contributed by atoms with van der Waals surface area (Å²) in [6, 6.07) is 70.6. The number of fused-ring (bicyclic) bond motifs is 17. The van der Waals surface area contributed by atoms with E-state index in [1.807, 2.05) is 6.07 Å². The van der Waals surface area contributed by atoms with Crippen LogP contribution in [0.15, 0.2) is 209 Å². The van der Waals surface area contributed by atoms with Gasteiger partial charge < -0.3 is 9.32 Å². The minimum Gasteiger partial charge on any atom is -0.454 e. The molecule has 65 heavy (non-hydrogen) atoms. The monoisotopic (exact) mass is 828 g/mol. The Morgan fingerprint density at radius 1 is 0.631 bits per heavy atom. The Hall–Kier alpha value is -8.19. The summed E-state index contributed by atoms with van der Waals surface area (Å²) < 4.78 is 7.17. The van der Waals surface area contributed by atoms with Crippen LogP contribution in [0.25, 0.3) is 87.3 Å². The van der Waals surface area contributed by atoms with Crippen LogP contribution in [0.2, 0.25) is 0 Å². The van der Waals surface area contributed by atoms with Crippen molar-refractivity contribution in [3.63, 3.8) is 0 Å². The first-order valence-corrected chi connectivity index (χ1v) is 22.7. The van der Waals surface area contributed by atoms with Crippen molar-refractivity contribution in [3.8, 4) is 22.3 Å². The number of anilines is 1. The summed E-state index contributed by atoms with van der Waals surface area (Å²) in [5.41, 5.74) is 14.5. The molecule has 2 unspecified atom stereocenters. The predicted molar refractivity (Wildman–Crippen MR) is 270 cm³/mol. The van der Waals surface area contributed by atoms with Gasteiger partial charge in [-0.1, -0.05) is 176 Å². The van der Waals surface area contributed by atoms with Crippen molar-refractivity contribution in [2.24, 2.45) is 4.99 Å². The quantitative estimate of drug-likeness (QED) is 0.177. The SMILES string of the molecule is CC12CC=CC=C1N(C1Cc3c(c4ccccc4c4c#cccc34)C(c3ccc(-c4ccccc4)cc3)=N1)c1c2c2cc(-c3cccc4ccccc34)ccc2c2c1oc1ccccc12. The van der Waals surface area contributed by atoms with Gasteiger partial charge in [-0.15, -0.1) is 0 Å². The molecule has 3 heterocycles. The molecule has 0 fully saturated rings. The molecule has 10 aromatic carbocycles. The number of nitrogens with zero attached hydrogens (tertiary/aromatic N) is 2. The third-order valence-electron chi connectivity index (χ3n) is 14.6. The topological polar surface area (TPSA) is 28.7 Å². The second kappa shape index (κ2) is 13.7. The van der Waals surface area contributed by atoms with Crippen molar-refractivity contribution in [2.45, 2.75) is 31.3 Å². The van der Waals surface area contributed by atoms with Gasteiger partial charge in [0, 0.05) is 44.8 Å². The number of aliphatic imine (C=N–C) groups is 1. The van der Waals surface area contributed by atoms with Crippen LogP contribution in [0.3, 0.4) is 0 Å². The maximum absolute atomic E-state index is 7.17. The fourth-order valence-corrected chi connectivity index (χ4v) is 11.7. The van der Waals surface area contributed by atoms with Crippen molar-refractivity contribution in [3.05, 3.63) is 234 Å². The van der Waals surface area contributed by atoms with Gasteiger partial charge in [-0.25, -0.2) is 0 Å². The van der Waals surface area contributed by atoms with E-state index in [0.717, 1.165) is 50.7 Å². The minimum absolute atomic E-state index is 0.284. The molecule has 3 nitrogen and oxygen atoms in total. The summed E-state index contributed by atoms with van der Waals surface area (Å²) >= 11 is 0. The lowest BCUT2D eigenvalue weighted by molar-refractivity contribution is 0.545. The first-order chi connectivity index (χ1) is 32.1. The van der Waals surface area contributed by atoms with E-state index in [-0.39, 0.29) is 11.6 Å². The second-order valence-electron chi connectivity index (χ2n) is 18.1. The van der Waals surface area contributed by atoms with Gasteiger partial charge in [-0.05, 0) is 115 Å². The third kappa shape index (κ3) is 5.17. The maximum Gasteiger partial charge on any atom is 0.160 e. The van der Waals surface area contributed by atoms with Crippen LogP contribution < -0.4 is 4.90 Å². The number of hydrogen-bond donors (Lipinski definition) is 0. The molecule has 14 rings (SSSR count). The van der Waals surface area contributed by atoms with E-state index in [9.17, 15) is 0 Å². The Morgan fingerprint density at radius 3 is 2.23 bits per heavy atom. The van der Waals surface area contributed by atoms with Crippen LogP contribution in [0.4, 0.5) is 5.69 Å². The zero-order valence-corrected chi connectivity index (χ0v) is 35.8. The summed E-state index contributed by atoms with van der Waals surface area (Å²) in [5.74, 6) is 0. The van der Waals surface area contributed by atoms with Crippen molar-refractivity contribution >= 4 is 76.4 Å². The van der Waals surface area contributed by atoms with Gasteiger partial charge in [0.2, 0.25) is 0 Å². The Bertz CT molecular complexity index is 3900. The molecule has 3 aliphatic rings. The second-order valence-corrected chi connectivity index (χ2v) is 18.1. The van der Waals surface area contributed by atoms with E-state index < -0.39 is 0 Å². The lowest BCUT2D eigenvalue weighted by Gasteiger charge is -2.37. The molecule has 0 saturated heterocycles. The number of allylic oxidation sites excluding steroid dienone is 4. The van der Waals surface area contributed by atoms with E-state index >= 15 is 0 Å². The van der Waals surface area contributed by atoms with Gasteiger partial charge in [0.15, 0.2) is 5.58 Å². The maximum atomic E-state index is 7.17. The van der Waals surface area contributed by atoms with Gasteiger partial charge in [0.25, 0.3) is 0 Å². The Labute approximate surface area is 376 Å². The van der Waals surface area contributed by atoms with E-state index in [0.29, 0.717) is 6.42 Å². The summed E-state index contributed by atoms with van der Waals surface area (Å²) in [6.45, 7) is 2.44. The molecule has 1 aliphatic carbocycles. The molecular formula is C62H40N2O. The molecule has 3 heteroatoms. The molecule has 0 bridgehead atoms. The van der Waals surface area contributed by atoms with Crippen molar-refractivity contribution in [1.29, 1.82) is 0 Å². The summed E-state index contributed by atoms with van der Waals surface area (Å²) in [5, 5.41) is 11.9. The highest BCUT2D eigenvalue weighted by atomic mass is 16.3. The van der Waals surface area contributed by atoms with Crippen LogP contribution in [-0.4, -0.2) is 11.9 Å². The van der Waals surface area contributed by atoms with E-state index in [2.05, 4.69) is 212 Å². The van der Waals surface area contributed by atoms with Crippen molar-refractivity contribution in [2.75, 3.05) is 4.90 Å². The van der Waals surface area contributed by atoms with Crippen LogP contribution >= 0.6 is 0 Å². The van der Waals surface area contributed by atoms with Gasteiger partial charge in [-0.2, -0.15) is 0 Å². The zero-order chi connectivity index (χ0) is 42.8. The molecule has 0 saturated carbocycles. The lowest BCUT2D eigenvalue weighted by Crippen LogP contribution is -2.40. The number of furan rings is 1. The van der Waals surface area contributed by atoms with Gasteiger partial charge in [-0.3, -0.25) is 4.99 Å². The van der Waals surface area contributed by atoms with Gasteiger partial charge in [0.05, 0.1) is 11.4 Å². The molecular weight excluding hydrogens is 789 g/mol. The lowest BCUT2D eigenvalue weighted by atomic mass is 9.74. The molecule has 1 aromatic heterocycles. The minimum atomic E-state index is -0.353. The largest absolute Gasteiger partial charge is 0.454 e.